The molecule has 0 aromatic heterocycles. The number of aliphatic carboxylic acids is 3. The molecule has 3 N–H and O–H groups in total. The molecule has 0 aliphatic heterocycles. The minimum Gasteiger partial charge on any atom is -0.481 e. The van der Waals surface area contributed by atoms with Crippen LogP contribution in [0, 0.1) is 0 Å². The van der Waals surface area contributed by atoms with Gasteiger partial charge in [0.2, 0.25) is 0 Å². The molecule has 0 rings (SSSR count). The molecule has 0 saturated carbocycles. The molecule has 0 aliphatic rings. The summed E-state index contributed by atoms with van der Waals surface area (Å²) < 4.78 is 0. The predicted octanol–water partition coefficient (Wildman–Crippen LogP) is 0.583. The molecule has 0 radical (unpaired) electrons. The van der Waals surface area contributed by atoms with Gasteiger partial charge in [-0.05, 0) is 6.42 Å². The van der Waals surface area contributed by atoms with Gasteiger partial charge in [-0.2, -0.15) is 0 Å². The molecule has 6 heteroatoms. The molecule has 0 aromatic carbocycles. The van der Waals surface area contributed by atoms with Gasteiger partial charge in [0.15, 0.2) is 0 Å². The summed E-state index contributed by atoms with van der Waals surface area (Å²) in [6.45, 7) is 1.84. The fourth-order valence-electron chi connectivity index (χ4n) is 0.356. The normalized spacial score (nSPS) is 8.93. The van der Waals surface area contributed by atoms with Crippen LogP contribution in [0.25, 0.3) is 0 Å². The Morgan fingerprint density at radius 3 is 1.43 bits per heavy atom. The first-order valence-corrected chi connectivity index (χ1v) is 3.75. The first kappa shape index (κ1) is 14.7. The van der Waals surface area contributed by atoms with E-state index in [4.69, 9.17) is 15.3 Å². The van der Waals surface area contributed by atoms with Gasteiger partial charge < -0.3 is 15.3 Å². The van der Waals surface area contributed by atoms with Crippen LogP contribution in [0.5, 0.6) is 0 Å². The van der Waals surface area contributed by atoms with Gasteiger partial charge in [0, 0.05) is 18.6 Å². The van der Waals surface area contributed by atoms with Crippen molar-refractivity contribution in [3.63, 3.8) is 0 Å². The molecule has 0 spiro atoms. The zero-order valence-corrected chi connectivity index (χ0v) is 7.64. The van der Waals surface area contributed by atoms with Gasteiger partial charge in [-0.15, -0.1) is 0 Å². The summed E-state index contributed by atoms with van der Waals surface area (Å²) in [6, 6.07) is 0. The van der Waals surface area contributed by atoms with Crippen LogP contribution < -0.4 is 0 Å². The third kappa shape index (κ3) is 22.5. The van der Waals surface area contributed by atoms with Crippen molar-refractivity contribution in [3.8, 4) is 0 Å². The van der Waals surface area contributed by atoms with Gasteiger partial charge in [0.25, 0.3) is 0 Å². The van der Waals surface area contributed by atoms with Crippen LogP contribution in [0.15, 0.2) is 12.2 Å². The Morgan fingerprint density at radius 2 is 1.36 bits per heavy atom. The molecule has 0 unspecified atom stereocenters. The maximum atomic E-state index is 9.60. The van der Waals surface area contributed by atoms with Crippen LogP contribution in [-0.2, 0) is 14.4 Å². The van der Waals surface area contributed by atoms with Crippen molar-refractivity contribution in [3.05, 3.63) is 12.2 Å². The second-order valence-electron chi connectivity index (χ2n) is 2.15. The van der Waals surface area contributed by atoms with E-state index >= 15 is 0 Å². The molecule has 0 fully saturated rings. The Bertz CT molecular complexity index is 214. The second-order valence-corrected chi connectivity index (χ2v) is 2.15. The van der Waals surface area contributed by atoms with E-state index in [1.165, 1.54) is 0 Å². The predicted molar refractivity (Wildman–Crippen MR) is 47.0 cm³/mol. The number of rotatable bonds is 4. The Labute approximate surface area is 80.5 Å². The highest BCUT2D eigenvalue weighted by atomic mass is 16.4. The second kappa shape index (κ2) is 9.24. The quantitative estimate of drug-likeness (QED) is 0.577. The number of carboxylic acids is 3. The molecule has 6 nitrogen and oxygen atoms in total. The van der Waals surface area contributed by atoms with E-state index in [-0.39, 0.29) is 0 Å². The maximum absolute atomic E-state index is 9.60. The number of carbonyl (C=O) groups is 3. The third-order valence-electron chi connectivity index (χ3n) is 0.832. The number of hydrogen-bond acceptors (Lipinski definition) is 3. The highest BCUT2D eigenvalue weighted by molar-refractivity contribution is 5.89. The monoisotopic (exact) mass is 204 g/mol. The van der Waals surface area contributed by atoms with E-state index in [1.54, 1.807) is 0 Å². The van der Waals surface area contributed by atoms with Crippen molar-refractivity contribution < 1.29 is 29.7 Å². The Morgan fingerprint density at radius 1 is 1.00 bits per heavy atom. The Kier molecular flexibility index (Phi) is 9.68. The SMILES string of the molecule is CCCC(=O)O.O=C(O)C=CC(=O)O. The highest BCUT2D eigenvalue weighted by Crippen LogP contribution is 1.82. The van der Waals surface area contributed by atoms with E-state index in [1.807, 2.05) is 6.92 Å². The Balaban J connectivity index is 0. The van der Waals surface area contributed by atoms with Crippen LogP contribution in [-0.4, -0.2) is 33.2 Å². The minimum atomic E-state index is -1.26. The minimum absolute atomic E-state index is 0.292. The summed E-state index contributed by atoms with van der Waals surface area (Å²) in [5, 5.41) is 23.5. The summed E-state index contributed by atoms with van der Waals surface area (Å²) in [4.78, 5) is 28.7. The van der Waals surface area contributed by atoms with E-state index < -0.39 is 17.9 Å². The highest BCUT2D eigenvalue weighted by Gasteiger charge is 1.88. The lowest BCUT2D eigenvalue weighted by atomic mass is 10.4. The van der Waals surface area contributed by atoms with Crippen LogP contribution >= 0.6 is 0 Å². The van der Waals surface area contributed by atoms with Gasteiger partial charge >= 0.3 is 17.9 Å². The molecule has 80 valence electrons. The molecule has 0 saturated heterocycles. The average Bonchev–Trinajstić information content (AvgIpc) is 2.01. The van der Waals surface area contributed by atoms with Crippen LogP contribution in [0.2, 0.25) is 0 Å². The van der Waals surface area contributed by atoms with Gasteiger partial charge in [0.1, 0.15) is 0 Å². The topological polar surface area (TPSA) is 112 Å². The zero-order valence-electron chi connectivity index (χ0n) is 7.64. The van der Waals surface area contributed by atoms with Crippen molar-refractivity contribution in [2.75, 3.05) is 0 Å². The molecule has 14 heavy (non-hydrogen) atoms. The van der Waals surface area contributed by atoms with Crippen LogP contribution in [0.4, 0.5) is 0 Å². The molecule has 0 heterocycles. The Hall–Kier alpha value is -1.85. The molecule has 0 bridgehead atoms. The van der Waals surface area contributed by atoms with Crippen molar-refractivity contribution in [2.24, 2.45) is 0 Å². The van der Waals surface area contributed by atoms with Crippen molar-refractivity contribution in [1.29, 1.82) is 0 Å². The van der Waals surface area contributed by atoms with E-state index in [2.05, 4.69) is 0 Å². The van der Waals surface area contributed by atoms with Gasteiger partial charge in [-0.3, -0.25) is 4.79 Å². The third-order valence-corrected chi connectivity index (χ3v) is 0.832. The smallest absolute Gasteiger partial charge is 0.328 e. The standard InChI is InChI=1S/C4H4O4.C4H8O2/c5-3(6)1-2-4(7)8;1-2-3-4(5)6/h1-2H,(H,5,6)(H,7,8);2-3H2,1H3,(H,5,6). The van der Waals surface area contributed by atoms with E-state index in [0.29, 0.717) is 18.6 Å². The summed E-state index contributed by atoms with van der Waals surface area (Å²) >= 11 is 0. The lowest BCUT2D eigenvalue weighted by Gasteiger charge is -1.79. The lowest BCUT2D eigenvalue weighted by Crippen LogP contribution is -1.91. The maximum Gasteiger partial charge on any atom is 0.328 e. The molecular formula is C8H12O6. The number of carboxylic acid groups (broad SMARTS) is 3. The lowest BCUT2D eigenvalue weighted by molar-refractivity contribution is -0.137. The zero-order chi connectivity index (χ0) is 11.6. The molecular weight excluding hydrogens is 192 g/mol. The van der Waals surface area contributed by atoms with Crippen molar-refractivity contribution >= 4 is 17.9 Å². The van der Waals surface area contributed by atoms with Crippen molar-refractivity contribution in [2.45, 2.75) is 19.8 Å². The average molecular weight is 204 g/mol. The van der Waals surface area contributed by atoms with E-state index in [9.17, 15) is 14.4 Å². The summed E-state index contributed by atoms with van der Waals surface area (Å²) in [7, 11) is 0. The molecule has 0 aromatic rings. The summed E-state index contributed by atoms with van der Waals surface area (Å²) in [6.07, 6.45) is 2.14. The summed E-state index contributed by atoms with van der Waals surface area (Å²) in [5.41, 5.74) is 0. The van der Waals surface area contributed by atoms with Gasteiger partial charge in [0.05, 0.1) is 0 Å². The molecule has 0 amide bonds. The number of hydrogen-bond donors (Lipinski definition) is 3. The van der Waals surface area contributed by atoms with Gasteiger partial charge in [-0.25, -0.2) is 9.59 Å². The fourth-order valence-corrected chi connectivity index (χ4v) is 0.356. The van der Waals surface area contributed by atoms with Gasteiger partial charge in [-0.1, -0.05) is 6.92 Å². The van der Waals surface area contributed by atoms with E-state index in [0.717, 1.165) is 6.42 Å². The largest absolute Gasteiger partial charge is 0.481 e. The molecule has 0 aliphatic carbocycles. The molecule has 0 atom stereocenters. The summed E-state index contributed by atoms with van der Waals surface area (Å²) in [5.74, 6) is -3.22. The fraction of sp³-hybridized carbons (Fsp3) is 0.375. The van der Waals surface area contributed by atoms with Crippen LogP contribution in [0.3, 0.4) is 0 Å². The first-order valence-electron chi connectivity index (χ1n) is 3.75. The van der Waals surface area contributed by atoms with Crippen LogP contribution in [0.1, 0.15) is 19.8 Å². The van der Waals surface area contributed by atoms with Crippen molar-refractivity contribution in [1.82, 2.24) is 0 Å². The first-order chi connectivity index (χ1) is 6.40.